The normalized spacial score (nSPS) is 15.2. The van der Waals surface area contributed by atoms with Crippen molar-refractivity contribution in [1.82, 2.24) is 16.0 Å². The van der Waals surface area contributed by atoms with Crippen LogP contribution in [0.25, 0.3) is 0 Å². The zero-order valence-electron chi connectivity index (χ0n) is 20.8. The molecule has 0 bridgehead atoms. The average Bonchev–Trinajstić information content (AvgIpc) is 2.80. The van der Waals surface area contributed by atoms with Crippen LogP contribution in [-0.4, -0.2) is 72.0 Å². The fourth-order valence-corrected chi connectivity index (χ4v) is 3.30. The van der Waals surface area contributed by atoms with Crippen LogP contribution >= 0.6 is 0 Å². The van der Waals surface area contributed by atoms with Crippen molar-refractivity contribution in [3.8, 4) is 0 Å². The maximum Gasteiger partial charge on any atom is 0.326 e. The molecule has 0 aliphatic carbocycles. The van der Waals surface area contributed by atoms with Crippen LogP contribution in [0.4, 0.5) is 0 Å². The van der Waals surface area contributed by atoms with Gasteiger partial charge in [-0.15, -0.1) is 0 Å². The number of primary amides is 1. The Kier molecular flexibility index (Phi) is 16.2. The van der Waals surface area contributed by atoms with Gasteiger partial charge in [-0.25, -0.2) is 4.79 Å². The Labute approximate surface area is 206 Å². The number of hydrogen-bond acceptors (Lipinski definition) is 8. The van der Waals surface area contributed by atoms with E-state index < -0.39 is 60.2 Å². The summed E-state index contributed by atoms with van der Waals surface area (Å²) in [7, 11) is 0. The highest BCUT2D eigenvalue weighted by Gasteiger charge is 2.33. The van der Waals surface area contributed by atoms with Crippen molar-refractivity contribution >= 4 is 29.6 Å². The van der Waals surface area contributed by atoms with Crippen LogP contribution in [0.5, 0.6) is 0 Å². The van der Waals surface area contributed by atoms with Crippen molar-refractivity contribution < 1.29 is 29.1 Å². The van der Waals surface area contributed by atoms with Crippen LogP contribution in [0.2, 0.25) is 0 Å². The lowest BCUT2D eigenvalue weighted by molar-refractivity contribution is -0.143. The molecule has 0 spiro atoms. The Balaban J connectivity index is 5.45. The van der Waals surface area contributed by atoms with Gasteiger partial charge in [0.05, 0.1) is 12.5 Å². The number of rotatable bonds is 19. The molecular weight excluding hydrogens is 458 g/mol. The molecule has 0 aromatic rings. The van der Waals surface area contributed by atoms with Crippen LogP contribution in [0.3, 0.4) is 0 Å². The van der Waals surface area contributed by atoms with Crippen molar-refractivity contribution in [2.24, 2.45) is 28.9 Å². The number of carboxylic acids is 1. The van der Waals surface area contributed by atoms with Gasteiger partial charge in [-0.3, -0.25) is 19.2 Å². The first-order chi connectivity index (χ1) is 16.5. The molecule has 0 rings (SSSR count). The van der Waals surface area contributed by atoms with E-state index in [9.17, 15) is 29.1 Å². The van der Waals surface area contributed by atoms with Gasteiger partial charge in [0.25, 0.3) is 0 Å². The number of nitrogens with two attached hydrogens (primary N) is 4. The van der Waals surface area contributed by atoms with Gasteiger partial charge >= 0.3 is 5.97 Å². The Morgan fingerprint density at radius 1 is 0.800 bits per heavy atom. The molecule has 0 saturated carbocycles. The van der Waals surface area contributed by atoms with Crippen molar-refractivity contribution in [1.29, 1.82) is 0 Å². The summed E-state index contributed by atoms with van der Waals surface area (Å²) in [5, 5.41) is 16.9. The van der Waals surface area contributed by atoms with Gasteiger partial charge in [0, 0.05) is 0 Å². The fraction of sp³-hybridized carbons (Fsp3) is 0.773. The molecule has 0 fully saturated rings. The zero-order chi connectivity index (χ0) is 27.0. The van der Waals surface area contributed by atoms with Crippen molar-refractivity contribution in [2.75, 3.05) is 13.1 Å². The fourth-order valence-electron chi connectivity index (χ4n) is 3.30. The third-order valence-corrected chi connectivity index (χ3v) is 5.70. The molecule has 0 aliphatic heterocycles. The van der Waals surface area contributed by atoms with Crippen LogP contribution in [-0.2, 0) is 24.0 Å². The maximum atomic E-state index is 13.0. The first kappa shape index (κ1) is 32.2. The standard InChI is InChI=1S/C22H43N7O6/c1-3-13(2)18(21(33)27-15(22(34)35)9-5-7-11-24)29-20(32)16(12-17(26)30)28-19(31)14(25)8-4-6-10-23/h13-16,18H,3-12,23-25H2,1-2H3,(H2,26,30)(H,27,33)(H,28,31)(H,29,32)(H,34,35). The minimum absolute atomic E-state index is 0.182. The summed E-state index contributed by atoms with van der Waals surface area (Å²) in [4.78, 5) is 61.4. The summed E-state index contributed by atoms with van der Waals surface area (Å²) in [6, 6.07) is -4.51. The Bertz CT molecular complexity index is 706. The van der Waals surface area contributed by atoms with Crippen LogP contribution in [0.15, 0.2) is 0 Å². The van der Waals surface area contributed by atoms with Crippen LogP contribution < -0.4 is 38.9 Å². The molecule has 0 aromatic heterocycles. The van der Waals surface area contributed by atoms with Gasteiger partial charge in [0.15, 0.2) is 0 Å². The van der Waals surface area contributed by atoms with Crippen LogP contribution in [0, 0.1) is 5.92 Å². The number of carboxylic acid groups (broad SMARTS) is 1. The monoisotopic (exact) mass is 501 g/mol. The molecule has 0 saturated heterocycles. The number of hydrogen-bond donors (Lipinski definition) is 8. The van der Waals surface area contributed by atoms with Gasteiger partial charge in [-0.2, -0.15) is 0 Å². The summed E-state index contributed by atoms with van der Waals surface area (Å²) in [5.74, 6) is -4.54. The number of aliphatic carboxylic acids is 1. The van der Waals surface area contributed by atoms with Crippen molar-refractivity contribution in [2.45, 2.75) is 89.4 Å². The second-order valence-electron chi connectivity index (χ2n) is 8.68. The number of amides is 4. The minimum Gasteiger partial charge on any atom is -0.480 e. The molecule has 5 atom stereocenters. The van der Waals surface area contributed by atoms with E-state index in [0.717, 1.165) is 0 Å². The van der Waals surface area contributed by atoms with E-state index in [-0.39, 0.29) is 12.3 Å². The Hall–Kier alpha value is -2.77. The average molecular weight is 502 g/mol. The highest BCUT2D eigenvalue weighted by Crippen LogP contribution is 2.11. The minimum atomic E-state index is -1.35. The van der Waals surface area contributed by atoms with Gasteiger partial charge in [0.1, 0.15) is 18.1 Å². The van der Waals surface area contributed by atoms with E-state index in [4.69, 9.17) is 22.9 Å². The Morgan fingerprint density at radius 2 is 1.34 bits per heavy atom. The highest BCUT2D eigenvalue weighted by atomic mass is 16.4. The molecule has 5 unspecified atom stereocenters. The molecule has 0 heterocycles. The zero-order valence-corrected chi connectivity index (χ0v) is 20.8. The number of nitrogens with one attached hydrogen (secondary N) is 3. The molecular formula is C22H43N7O6. The topological polar surface area (TPSA) is 246 Å². The molecule has 0 radical (unpaired) electrons. The molecule has 35 heavy (non-hydrogen) atoms. The van der Waals surface area contributed by atoms with E-state index in [1.54, 1.807) is 13.8 Å². The van der Waals surface area contributed by atoms with E-state index in [1.165, 1.54) is 0 Å². The summed E-state index contributed by atoms with van der Waals surface area (Å²) < 4.78 is 0. The summed E-state index contributed by atoms with van der Waals surface area (Å²) in [6.45, 7) is 4.37. The van der Waals surface area contributed by atoms with Gasteiger partial charge in [-0.1, -0.05) is 26.7 Å². The molecule has 202 valence electrons. The molecule has 12 N–H and O–H groups in total. The highest BCUT2D eigenvalue weighted by molar-refractivity contribution is 5.96. The maximum absolute atomic E-state index is 13.0. The number of carbonyl (C=O) groups is 5. The summed E-state index contributed by atoms with van der Waals surface area (Å²) in [6.07, 6.45) is 2.92. The lowest BCUT2D eigenvalue weighted by Gasteiger charge is -2.28. The van der Waals surface area contributed by atoms with E-state index >= 15 is 0 Å². The third-order valence-electron chi connectivity index (χ3n) is 5.70. The summed E-state index contributed by atoms with van der Waals surface area (Å²) in [5.41, 5.74) is 22.0. The van der Waals surface area contributed by atoms with Gasteiger partial charge in [0.2, 0.25) is 23.6 Å². The second-order valence-corrected chi connectivity index (χ2v) is 8.68. The van der Waals surface area contributed by atoms with Crippen molar-refractivity contribution in [3.63, 3.8) is 0 Å². The quantitative estimate of drug-likeness (QED) is 0.0913. The summed E-state index contributed by atoms with van der Waals surface area (Å²) >= 11 is 0. The molecule has 13 nitrogen and oxygen atoms in total. The molecule has 0 aromatic carbocycles. The number of carbonyl (C=O) groups excluding carboxylic acids is 4. The predicted molar refractivity (Wildman–Crippen MR) is 130 cm³/mol. The van der Waals surface area contributed by atoms with Crippen LogP contribution in [0.1, 0.15) is 65.2 Å². The van der Waals surface area contributed by atoms with E-state index in [1.807, 2.05) is 0 Å². The molecule has 4 amide bonds. The lowest BCUT2D eigenvalue weighted by atomic mass is 9.96. The van der Waals surface area contributed by atoms with Gasteiger partial charge < -0.3 is 44.0 Å². The molecule has 0 aliphatic rings. The largest absolute Gasteiger partial charge is 0.480 e. The predicted octanol–water partition coefficient (Wildman–Crippen LogP) is -1.97. The number of unbranched alkanes of at least 4 members (excludes halogenated alkanes) is 2. The Morgan fingerprint density at radius 3 is 1.83 bits per heavy atom. The molecule has 13 heteroatoms. The van der Waals surface area contributed by atoms with E-state index in [2.05, 4.69) is 16.0 Å². The lowest BCUT2D eigenvalue weighted by Crippen LogP contribution is -2.59. The smallest absolute Gasteiger partial charge is 0.326 e. The SMILES string of the molecule is CCC(C)C(NC(=O)C(CC(N)=O)NC(=O)C(N)CCCCN)C(=O)NC(CCCCN)C(=O)O. The first-order valence-electron chi connectivity index (χ1n) is 12.1. The van der Waals surface area contributed by atoms with E-state index in [0.29, 0.717) is 51.6 Å². The second kappa shape index (κ2) is 17.6. The first-order valence-corrected chi connectivity index (χ1v) is 12.1. The third kappa shape index (κ3) is 13.0. The van der Waals surface area contributed by atoms with Gasteiger partial charge in [-0.05, 0) is 51.1 Å². The van der Waals surface area contributed by atoms with Crippen molar-refractivity contribution in [3.05, 3.63) is 0 Å².